The second kappa shape index (κ2) is 5.39. The molecule has 0 nitrogen and oxygen atoms in total. The van der Waals surface area contributed by atoms with Crippen LogP contribution in [0.5, 0.6) is 0 Å². The number of aryl methyl sites for hydroxylation is 1. The third kappa shape index (κ3) is 2.49. The normalized spacial score (nSPS) is 16.0. The minimum atomic E-state index is 0.602. The number of rotatable bonds is 3. The zero-order valence-electron chi connectivity index (χ0n) is 11.3. The first kappa shape index (κ1) is 12.9. The van der Waals surface area contributed by atoms with Crippen LogP contribution in [0.2, 0.25) is 6.82 Å². The SMILES string of the molecule is CCC1=C(CC)B(c2ccc(C)cc2)SB1C. The van der Waals surface area contributed by atoms with Crippen molar-refractivity contribution in [2.24, 2.45) is 0 Å². The Labute approximate surface area is 110 Å². The van der Waals surface area contributed by atoms with Gasteiger partial charge in [0.2, 0.25) is 5.99 Å². The molecule has 0 spiro atoms. The van der Waals surface area contributed by atoms with Crippen molar-refractivity contribution in [2.75, 3.05) is 0 Å². The molecule has 2 rings (SSSR count). The van der Waals surface area contributed by atoms with Gasteiger partial charge < -0.3 is 0 Å². The summed E-state index contributed by atoms with van der Waals surface area (Å²) in [4.78, 5) is 0. The largest absolute Gasteiger partial charge is 0.259 e. The Morgan fingerprint density at radius 2 is 1.59 bits per heavy atom. The molecule has 0 aromatic heterocycles. The summed E-state index contributed by atoms with van der Waals surface area (Å²) in [7, 11) is 0. The van der Waals surface area contributed by atoms with Crippen molar-refractivity contribution in [1.29, 1.82) is 0 Å². The van der Waals surface area contributed by atoms with Crippen LogP contribution in [0.4, 0.5) is 0 Å². The molecule has 0 aliphatic carbocycles. The average molecular weight is 242 g/mol. The van der Waals surface area contributed by atoms with Gasteiger partial charge in [0, 0.05) is 0 Å². The van der Waals surface area contributed by atoms with Crippen LogP contribution in [0.3, 0.4) is 0 Å². The van der Waals surface area contributed by atoms with E-state index < -0.39 is 0 Å². The summed E-state index contributed by atoms with van der Waals surface area (Å²) in [6, 6.07) is 9.07. The first-order valence-corrected chi connectivity index (χ1v) is 7.55. The highest BCUT2D eigenvalue weighted by molar-refractivity contribution is 8.47. The predicted molar refractivity (Wildman–Crippen MR) is 83.4 cm³/mol. The predicted octanol–water partition coefficient (Wildman–Crippen LogP) is 3.76. The second-order valence-corrected chi connectivity index (χ2v) is 6.28. The molecule has 0 atom stereocenters. The lowest BCUT2D eigenvalue weighted by molar-refractivity contribution is 1.10. The van der Waals surface area contributed by atoms with E-state index in [1.54, 1.807) is 10.9 Å². The molecule has 0 amide bonds. The Bertz CT molecular complexity index is 422. The van der Waals surface area contributed by atoms with Crippen LogP contribution in [0.1, 0.15) is 32.3 Å². The highest BCUT2D eigenvalue weighted by Gasteiger charge is 2.35. The molecule has 0 saturated carbocycles. The van der Waals surface area contributed by atoms with Crippen LogP contribution in [-0.2, 0) is 0 Å². The summed E-state index contributed by atoms with van der Waals surface area (Å²) < 4.78 is 0. The molecule has 1 aliphatic rings. The molecule has 17 heavy (non-hydrogen) atoms. The van der Waals surface area contributed by atoms with Crippen molar-refractivity contribution < 1.29 is 0 Å². The van der Waals surface area contributed by atoms with Gasteiger partial charge in [0.05, 0.1) is 0 Å². The lowest BCUT2D eigenvalue weighted by Crippen LogP contribution is -2.27. The van der Waals surface area contributed by atoms with Gasteiger partial charge in [-0.2, -0.15) is 0 Å². The molecule has 0 bridgehead atoms. The van der Waals surface area contributed by atoms with Crippen LogP contribution in [0.15, 0.2) is 35.2 Å². The van der Waals surface area contributed by atoms with Gasteiger partial charge >= 0.3 is 0 Å². The van der Waals surface area contributed by atoms with E-state index in [1.165, 1.54) is 23.9 Å². The zero-order valence-corrected chi connectivity index (χ0v) is 12.1. The Hall–Kier alpha value is -0.560. The number of hydrogen-bond acceptors (Lipinski definition) is 1. The van der Waals surface area contributed by atoms with Crippen molar-refractivity contribution in [3.05, 3.63) is 40.8 Å². The fourth-order valence-corrected chi connectivity index (χ4v) is 4.43. The zero-order chi connectivity index (χ0) is 12.4. The molecule has 0 fully saturated rings. The Morgan fingerprint density at radius 3 is 2.12 bits per heavy atom. The molecule has 0 radical (unpaired) electrons. The maximum Gasteiger partial charge on any atom is 0.259 e. The van der Waals surface area contributed by atoms with Crippen LogP contribution in [0.25, 0.3) is 0 Å². The van der Waals surface area contributed by atoms with Crippen molar-refractivity contribution in [2.45, 2.75) is 40.4 Å². The van der Waals surface area contributed by atoms with Gasteiger partial charge in [-0.05, 0) is 19.8 Å². The van der Waals surface area contributed by atoms with Crippen molar-refractivity contribution in [1.82, 2.24) is 0 Å². The summed E-state index contributed by atoms with van der Waals surface area (Å²) in [5, 5.41) is 0. The molecular weight excluding hydrogens is 222 g/mol. The molecule has 1 aromatic rings. The van der Waals surface area contributed by atoms with Gasteiger partial charge in [-0.25, -0.2) is 11.5 Å². The molecule has 88 valence electrons. The Balaban J connectivity index is 2.34. The van der Waals surface area contributed by atoms with E-state index >= 15 is 0 Å². The van der Waals surface area contributed by atoms with Gasteiger partial charge in [-0.3, -0.25) is 0 Å². The maximum atomic E-state index is 2.35. The van der Waals surface area contributed by atoms with E-state index in [1.807, 2.05) is 0 Å². The number of allylic oxidation sites excluding steroid dienone is 2. The van der Waals surface area contributed by atoms with E-state index in [4.69, 9.17) is 0 Å². The van der Waals surface area contributed by atoms with Crippen molar-refractivity contribution in [3.63, 3.8) is 0 Å². The molecular formula is C14H20B2S. The molecule has 1 aliphatic heterocycles. The minimum Gasteiger partial charge on any atom is -0.239 e. The lowest BCUT2D eigenvalue weighted by atomic mass is 9.54. The highest BCUT2D eigenvalue weighted by atomic mass is 32.2. The molecule has 0 N–H and O–H groups in total. The standard InChI is InChI=1S/C14H20B2S/c1-5-13-14(6-2)16(17-15(13)4)12-9-7-11(3)8-10-12/h7-10H,5-6H2,1-4H3. The van der Waals surface area contributed by atoms with E-state index in [0.717, 1.165) is 0 Å². The van der Waals surface area contributed by atoms with E-state index in [-0.39, 0.29) is 0 Å². The second-order valence-electron chi connectivity index (χ2n) is 4.83. The summed E-state index contributed by atoms with van der Waals surface area (Å²) in [5.74, 6) is 1.30. The molecule has 1 heterocycles. The van der Waals surface area contributed by atoms with Gasteiger partial charge in [0.1, 0.15) is 0 Å². The van der Waals surface area contributed by atoms with Crippen LogP contribution in [-0.4, -0.2) is 12.0 Å². The van der Waals surface area contributed by atoms with Gasteiger partial charge in [-0.15, -0.1) is 0 Å². The van der Waals surface area contributed by atoms with E-state index in [2.05, 4.69) is 63.3 Å². The first-order valence-electron chi connectivity index (χ1n) is 6.61. The van der Waals surface area contributed by atoms with Crippen LogP contribution in [0, 0.1) is 6.92 Å². The van der Waals surface area contributed by atoms with Crippen molar-refractivity contribution >= 4 is 28.9 Å². The Morgan fingerprint density at radius 1 is 1.00 bits per heavy atom. The van der Waals surface area contributed by atoms with Gasteiger partial charge in [-0.1, -0.05) is 66.9 Å². The third-order valence-corrected chi connectivity index (χ3v) is 5.22. The highest BCUT2D eigenvalue weighted by Crippen LogP contribution is 2.36. The fourth-order valence-electron chi connectivity index (χ4n) is 2.75. The summed E-state index contributed by atoms with van der Waals surface area (Å²) in [6.45, 7) is 9.10. The summed E-state index contributed by atoms with van der Waals surface area (Å²) >= 11 is 2.12. The number of hydrogen-bond donors (Lipinski definition) is 0. The molecule has 0 unspecified atom stereocenters. The minimum absolute atomic E-state index is 0.602. The Kier molecular flexibility index (Phi) is 4.09. The van der Waals surface area contributed by atoms with Gasteiger partial charge in [0.15, 0.2) is 0 Å². The van der Waals surface area contributed by atoms with E-state index in [9.17, 15) is 0 Å². The molecule has 0 saturated heterocycles. The summed E-state index contributed by atoms with van der Waals surface area (Å²) in [6.07, 6.45) is 2.40. The quantitative estimate of drug-likeness (QED) is 0.727. The maximum absolute atomic E-state index is 2.35. The molecule has 1 aromatic carbocycles. The summed E-state index contributed by atoms with van der Waals surface area (Å²) in [5.41, 5.74) is 6.19. The number of benzene rings is 1. The fraction of sp³-hybridized carbons (Fsp3) is 0.429. The van der Waals surface area contributed by atoms with Gasteiger partial charge in [0.25, 0.3) is 5.99 Å². The smallest absolute Gasteiger partial charge is 0.239 e. The average Bonchev–Trinajstić information content (AvgIpc) is 2.66. The first-order chi connectivity index (χ1) is 8.17. The monoisotopic (exact) mass is 242 g/mol. The molecule has 3 heteroatoms. The van der Waals surface area contributed by atoms with Crippen LogP contribution < -0.4 is 5.46 Å². The topological polar surface area (TPSA) is 0 Å². The van der Waals surface area contributed by atoms with Crippen molar-refractivity contribution in [3.8, 4) is 0 Å². The van der Waals surface area contributed by atoms with E-state index in [0.29, 0.717) is 12.0 Å². The lowest BCUT2D eigenvalue weighted by Gasteiger charge is -2.11. The third-order valence-electron chi connectivity index (χ3n) is 3.70. The van der Waals surface area contributed by atoms with Crippen LogP contribution >= 0.6 is 11.5 Å².